The van der Waals surface area contributed by atoms with Gasteiger partial charge in [-0.1, -0.05) is 51.2 Å². The second kappa shape index (κ2) is 19.6. The van der Waals surface area contributed by atoms with Gasteiger partial charge in [0.05, 0.1) is 26.2 Å². The first-order chi connectivity index (χ1) is 15.6. The van der Waals surface area contributed by atoms with E-state index in [1.807, 2.05) is 12.1 Å². The summed E-state index contributed by atoms with van der Waals surface area (Å²) in [7, 11) is 0. The van der Waals surface area contributed by atoms with Crippen LogP contribution in [-0.2, 0) is 25.5 Å². The maximum Gasteiger partial charge on any atom is 0.303 e. The molecule has 1 aromatic carbocycles. The fourth-order valence-electron chi connectivity index (χ4n) is 3.11. The molecule has 0 saturated carbocycles. The Morgan fingerprint density at radius 1 is 0.812 bits per heavy atom. The summed E-state index contributed by atoms with van der Waals surface area (Å²) < 4.78 is 16.6. The Hall–Kier alpha value is -2.12. The van der Waals surface area contributed by atoms with Crippen molar-refractivity contribution in [1.29, 1.82) is 0 Å². The number of benzene rings is 1. The summed E-state index contributed by atoms with van der Waals surface area (Å²) in [6.45, 7) is 5.22. The third kappa shape index (κ3) is 16.6. The first-order valence-electron chi connectivity index (χ1n) is 12.0. The molecule has 0 atom stereocenters. The maximum absolute atomic E-state index is 11.3. The number of aryl methyl sites for hydroxylation is 1. The number of nitrogens with one attached hydrogen (secondary N) is 1. The van der Waals surface area contributed by atoms with Crippen LogP contribution in [0.1, 0.15) is 70.3 Å². The van der Waals surface area contributed by atoms with Gasteiger partial charge in [-0.05, 0) is 37.0 Å². The molecule has 0 heterocycles. The quantitative estimate of drug-likeness (QED) is 0.270. The topological polar surface area (TPSA) is 94.1 Å². The predicted molar refractivity (Wildman–Crippen MR) is 125 cm³/mol. The fraction of sp³-hybridized carbons (Fsp3) is 0.680. The van der Waals surface area contributed by atoms with Crippen LogP contribution in [0.3, 0.4) is 0 Å². The molecule has 0 aromatic heterocycles. The van der Waals surface area contributed by atoms with E-state index in [1.165, 1.54) is 44.1 Å². The minimum absolute atomic E-state index is 0.00936. The molecule has 0 aliphatic heterocycles. The molecule has 2 N–H and O–H groups in total. The van der Waals surface area contributed by atoms with E-state index in [0.29, 0.717) is 46.0 Å². The molecule has 1 amide bonds. The highest BCUT2D eigenvalue weighted by Crippen LogP contribution is 2.15. The molecule has 0 aliphatic carbocycles. The average molecular weight is 452 g/mol. The molecule has 1 aromatic rings. The average Bonchev–Trinajstić information content (AvgIpc) is 2.79. The Balaban J connectivity index is 1.90. The first kappa shape index (κ1) is 27.9. The van der Waals surface area contributed by atoms with Gasteiger partial charge in [-0.2, -0.15) is 0 Å². The van der Waals surface area contributed by atoms with Crippen LogP contribution >= 0.6 is 0 Å². The molecule has 0 unspecified atom stereocenters. The number of carboxylic acids is 1. The van der Waals surface area contributed by atoms with Crippen LogP contribution in [0, 0.1) is 0 Å². The van der Waals surface area contributed by atoms with Crippen molar-refractivity contribution in [3.8, 4) is 5.75 Å². The van der Waals surface area contributed by atoms with E-state index in [2.05, 4.69) is 24.4 Å². The summed E-state index contributed by atoms with van der Waals surface area (Å²) in [6, 6.07) is 8.33. The van der Waals surface area contributed by atoms with Crippen molar-refractivity contribution in [2.45, 2.75) is 71.1 Å². The monoisotopic (exact) mass is 451 g/mol. The number of rotatable bonds is 21. The van der Waals surface area contributed by atoms with E-state index in [9.17, 15) is 9.59 Å². The van der Waals surface area contributed by atoms with Crippen LogP contribution in [0.25, 0.3) is 0 Å². The molecule has 0 radical (unpaired) electrons. The Morgan fingerprint density at radius 3 is 2.19 bits per heavy atom. The van der Waals surface area contributed by atoms with Gasteiger partial charge in [-0.15, -0.1) is 0 Å². The van der Waals surface area contributed by atoms with Crippen molar-refractivity contribution in [2.24, 2.45) is 0 Å². The molecular formula is C25H41NO6. The minimum atomic E-state index is -0.967. The standard InChI is InChI=1S/C25H41NO6/c1-2-3-4-5-6-7-9-22-10-12-23(13-11-22)32-21-20-31-19-18-30-17-8-16-26-24(27)14-15-25(28)29/h10-13H,2-9,14-21H2,1H3,(H,26,27)(H,28,29). The lowest BCUT2D eigenvalue weighted by Crippen LogP contribution is -2.25. The Bertz CT molecular complexity index is 605. The number of hydrogen-bond acceptors (Lipinski definition) is 5. The molecule has 0 spiro atoms. The second-order valence-corrected chi connectivity index (χ2v) is 7.83. The largest absolute Gasteiger partial charge is 0.491 e. The summed E-state index contributed by atoms with van der Waals surface area (Å²) in [5, 5.41) is 11.2. The Morgan fingerprint density at radius 2 is 1.47 bits per heavy atom. The lowest BCUT2D eigenvalue weighted by molar-refractivity contribution is -0.138. The molecule has 0 aliphatic rings. The van der Waals surface area contributed by atoms with Gasteiger partial charge in [0.2, 0.25) is 5.91 Å². The lowest BCUT2D eigenvalue weighted by atomic mass is 10.0. The zero-order valence-corrected chi connectivity index (χ0v) is 19.6. The number of carbonyl (C=O) groups excluding carboxylic acids is 1. The summed E-state index contributed by atoms with van der Waals surface area (Å²) in [5.74, 6) is -0.351. The number of unbranched alkanes of at least 4 members (excludes halogenated alkanes) is 5. The third-order valence-electron chi connectivity index (χ3n) is 4.96. The summed E-state index contributed by atoms with van der Waals surface area (Å²) in [5.41, 5.74) is 1.36. The molecule has 0 saturated heterocycles. The number of carboxylic acid groups (broad SMARTS) is 1. The predicted octanol–water partition coefficient (Wildman–Crippen LogP) is 4.37. The van der Waals surface area contributed by atoms with Crippen molar-refractivity contribution in [1.82, 2.24) is 5.32 Å². The minimum Gasteiger partial charge on any atom is -0.491 e. The van der Waals surface area contributed by atoms with E-state index in [-0.39, 0.29) is 18.7 Å². The highest BCUT2D eigenvalue weighted by atomic mass is 16.5. The zero-order valence-electron chi connectivity index (χ0n) is 19.6. The van der Waals surface area contributed by atoms with Crippen molar-refractivity contribution < 1.29 is 28.9 Å². The highest BCUT2D eigenvalue weighted by Gasteiger charge is 2.04. The van der Waals surface area contributed by atoms with Crippen LogP contribution in [0.2, 0.25) is 0 Å². The van der Waals surface area contributed by atoms with E-state index >= 15 is 0 Å². The molecule has 182 valence electrons. The van der Waals surface area contributed by atoms with Crippen LogP contribution in [-0.4, -0.2) is 56.6 Å². The number of amides is 1. The Labute approximate surface area is 192 Å². The molecule has 1 rings (SSSR count). The van der Waals surface area contributed by atoms with Gasteiger partial charge in [0.1, 0.15) is 12.4 Å². The molecular weight excluding hydrogens is 410 g/mol. The van der Waals surface area contributed by atoms with Crippen molar-refractivity contribution >= 4 is 11.9 Å². The molecule has 7 heteroatoms. The van der Waals surface area contributed by atoms with Gasteiger partial charge in [0.15, 0.2) is 0 Å². The van der Waals surface area contributed by atoms with Gasteiger partial charge < -0.3 is 24.6 Å². The zero-order chi connectivity index (χ0) is 23.3. The van der Waals surface area contributed by atoms with Crippen LogP contribution in [0.5, 0.6) is 5.75 Å². The van der Waals surface area contributed by atoms with Crippen molar-refractivity contribution in [3.63, 3.8) is 0 Å². The number of aliphatic carboxylic acids is 1. The molecule has 7 nitrogen and oxygen atoms in total. The SMILES string of the molecule is CCCCCCCCc1ccc(OCCOCCOCCCNC(=O)CCC(=O)O)cc1. The number of ether oxygens (including phenoxy) is 3. The van der Waals surface area contributed by atoms with Gasteiger partial charge in [0.25, 0.3) is 0 Å². The van der Waals surface area contributed by atoms with Gasteiger partial charge in [-0.3, -0.25) is 9.59 Å². The van der Waals surface area contributed by atoms with E-state index in [4.69, 9.17) is 19.3 Å². The van der Waals surface area contributed by atoms with Crippen LogP contribution in [0.15, 0.2) is 24.3 Å². The molecule has 0 fully saturated rings. The normalized spacial score (nSPS) is 10.8. The smallest absolute Gasteiger partial charge is 0.303 e. The third-order valence-corrected chi connectivity index (χ3v) is 4.96. The van der Waals surface area contributed by atoms with Crippen LogP contribution < -0.4 is 10.1 Å². The summed E-state index contributed by atoms with van der Waals surface area (Å²) in [4.78, 5) is 21.7. The highest BCUT2D eigenvalue weighted by molar-refractivity contribution is 5.80. The number of hydrogen-bond donors (Lipinski definition) is 2. The summed E-state index contributed by atoms with van der Waals surface area (Å²) >= 11 is 0. The van der Waals surface area contributed by atoms with Crippen molar-refractivity contribution in [3.05, 3.63) is 29.8 Å². The first-order valence-corrected chi connectivity index (χ1v) is 12.0. The van der Waals surface area contributed by atoms with Crippen molar-refractivity contribution in [2.75, 3.05) is 39.6 Å². The maximum atomic E-state index is 11.3. The molecule has 32 heavy (non-hydrogen) atoms. The number of carbonyl (C=O) groups is 2. The summed E-state index contributed by atoms with van der Waals surface area (Å²) in [6.07, 6.45) is 9.58. The molecule has 0 bridgehead atoms. The van der Waals surface area contributed by atoms with Crippen LogP contribution in [0.4, 0.5) is 0 Å². The second-order valence-electron chi connectivity index (χ2n) is 7.83. The van der Waals surface area contributed by atoms with E-state index < -0.39 is 5.97 Å². The van der Waals surface area contributed by atoms with E-state index in [0.717, 1.165) is 12.2 Å². The van der Waals surface area contributed by atoms with E-state index in [1.54, 1.807) is 0 Å². The fourth-order valence-corrected chi connectivity index (χ4v) is 3.11. The lowest BCUT2D eigenvalue weighted by Gasteiger charge is -2.09. The van der Waals surface area contributed by atoms with Gasteiger partial charge in [-0.25, -0.2) is 0 Å². The Kier molecular flexibility index (Phi) is 17.1. The van der Waals surface area contributed by atoms with Gasteiger partial charge >= 0.3 is 5.97 Å². The van der Waals surface area contributed by atoms with Gasteiger partial charge in [0, 0.05) is 19.6 Å².